The van der Waals surface area contributed by atoms with Gasteiger partial charge in [0, 0.05) is 57.6 Å². The molecule has 2 aromatic carbocycles. The first-order valence-corrected chi connectivity index (χ1v) is 13.5. The van der Waals surface area contributed by atoms with Crippen molar-refractivity contribution in [2.24, 2.45) is 0 Å². The largest absolute Gasteiger partial charge is 0.497 e. The molecule has 2 saturated heterocycles. The molecule has 11 nitrogen and oxygen atoms in total. The molecule has 0 spiro atoms. The van der Waals surface area contributed by atoms with E-state index in [1.165, 1.54) is 31.2 Å². The number of hydrogen-bond acceptors (Lipinski definition) is 7. The first-order chi connectivity index (χ1) is 17.7. The van der Waals surface area contributed by atoms with Crippen LogP contribution in [0, 0.1) is 0 Å². The average Bonchev–Trinajstić information content (AvgIpc) is 2.90. The van der Waals surface area contributed by atoms with Crippen molar-refractivity contribution in [3.8, 4) is 5.75 Å². The Morgan fingerprint density at radius 2 is 1.65 bits per heavy atom. The number of hydrogen-bond donors (Lipinski definition) is 2. The SMILES string of the molecule is COc1ccc(N2CCN(C(=O)C[C@@H]3C(=O)NCCN3S(=O)(=O)c3ccc(NC(C)=O)cc3)CC2)cc1. The summed E-state index contributed by atoms with van der Waals surface area (Å²) in [5.74, 6) is -0.259. The van der Waals surface area contributed by atoms with Crippen LogP contribution in [0.4, 0.5) is 11.4 Å². The minimum atomic E-state index is -4.05. The molecule has 2 heterocycles. The van der Waals surface area contributed by atoms with Crippen molar-refractivity contribution < 1.29 is 27.5 Å². The lowest BCUT2D eigenvalue weighted by Gasteiger charge is -2.38. The molecule has 0 bridgehead atoms. The zero-order valence-electron chi connectivity index (χ0n) is 20.8. The minimum absolute atomic E-state index is 0.0122. The molecule has 0 radical (unpaired) electrons. The lowest BCUT2D eigenvalue weighted by atomic mass is 10.1. The molecule has 37 heavy (non-hydrogen) atoms. The second-order valence-electron chi connectivity index (χ2n) is 8.90. The quantitative estimate of drug-likeness (QED) is 0.545. The Bertz CT molecular complexity index is 1240. The van der Waals surface area contributed by atoms with E-state index in [1.807, 2.05) is 24.3 Å². The predicted octanol–water partition coefficient (Wildman–Crippen LogP) is 0.882. The van der Waals surface area contributed by atoms with E-state index in [1.54, 1.807) is 12.0 Å². The summed E-state index contributed by atoms with van der Waals surface area (Å²) in [5.41, 5.74) is 1.49. The molecule has 0 aromatic heterocycles. The fourth-order valence-electron chi connectivity index (χ4n) is 4.53. The third kappa shape index (κ3) is 6.03. The van der Waals surface area contributed by atoms with E-state index in [-0.39, 0.29) is 36.2 Å². The Morgan fingerprint density at radius 1 is 1.00 bits per heavy atom. The highest BCUT2D eigenvalue weighted by atomic mass is 32.2. The van der Waals surface area contributed by atoms with E-state index >= 15 is 0 Å². The molecule has 2 N–H and O–H groups in total. The summed E-state index contributed by atoms with van der Waals surface area (Å²) in [5, 5.41) is 5.27. The van der Waals surface area contributed by atoms with Gasteiger partial charge in [0.05, 0.1) is 18.4 Å². The number of methoxy groups -OCH3 is 1. The number of sulfonamides is 1. The molecular formula is C25H31N5O6S. The Kier molecular flexibility index (Phi) is 7.98. The van der Waals surface area contributed by atoms with Crippen LogP contribution in [0.2, 0.25) is 0 Å². The summed E-state index contributed by atoms with van der Waals surface area (Å²) < 4.78 is 33.1. The van der Waals surface area contributed by atoms with Crippen LogP contribution in [0.5, 0.6) is 5.75 Å². The van der Waals surface area contributed by atoms with Crippen LogP contribution in [0.15, 0.2) is 53.4 Å². The van der Waals surface area contributed by atoms with Crippen LogP contribution >= 0.6 is 0 Å². The highest BCUT2D eigenvalue weighted by molar-refractivity contribution is 7.89. The van der Waals surface area contributed by atoms with Crippen molar-refractivity contribution in [1.29, 1.82) is 0 Å². The van der Waals surface area contributed by atoms with Crippen LogP contribution in [-0.4, -0.2) is 87.8 Å². The van der Waals surface area contributed by atoms with E-state index in [4.69, 9.17) is 4.74 Å². The topological polar surface area (TPSA) is 128 Å². The maximum absolute atomic E-state index is 13.4. The number of piperazine rings is 2. The fraction of sp³-hybridized carbons (Fsp3) is 0.400. The number of rotatable bonds is 7. The molecule has 0 saturated carbocycles. The van der Waals surface area contributed by atoms with Crippen molar-refractivity contribution in [1.82, 2.24) is 14.5 Å². The highest BCUT2D eigenvalue weighted by Gasteiger charge is 2.40. The lowest BCUT2D eigenvalue weighted by molar-refractivity contribution is -0.137. The van der Waals surface area contributed by atoms with Crippen molar-refractivity contribution >= 4 is 39.1 Å². The summed E-state index contributed by atoms with van der Waals surface area (Å²) in [4.78, 5) is 40.9. The van der Waals surface area contributed by atoms with Gasteiger partial charge >= 0.3 is 0 Å². The molecule has 0 unspecified atom stereocenters. The second-order valence-corrected chi connectivity index (χ2v) is 10.8. The van der Waals surface area contributed by atoms with Crippen LogP contribution in [0.25, 0.3) is 0 Å². The molecular weight excluding hydrogens is 498 g/mol. The maximum atomic E-state index is 13.4. The van der Waals surface area contributed by atoms with E-state index < -0.39 is 22.0 Å². The molecule has 4 rings (SSSR count). The normalized spacial score (nSPS) is 18.8. The van der Waals surface area contributed by atoms with Crippen molar-refractivity contribution in [3.63, 3.8) is 0 Å². The van der Waals surface area contributed by atoms with Gasteiger partial charge in [0.1, 0.15) is 11.8 Å². The molecule has 2 aliphatic heterocycles. The molecule has 198 valence electrons. The van der Waals surface area contributed by atoms with Crippen LogP contribution < -0.4 is 20.3 Å². The zero-order chi connectivity index (χ0) is 26.6. The molecule has 3 amide bonds. The predicted molar refractivity (Wildman–Crippen MR) is 138 cm³/mol. The summed E-state index contributed by atoms with van der Waals surface area (Å²) >= 11 is 0. The molecule has 1 atom stereocenters. The van der Waals surface area contributed by atoms with E-state index in [0.717, 1.165) is 15.7 Å². The fourth-order valence-corrected chi connectivity index (χ4v) is 6.11. The number of anilines is 2. The number of ether oxygens (including phenoxy) is 1. The Morgan fingerprint density at radius 3 is 2.24 bits per heavy atom. The van der Waals surface area contributed by atoms with Crippen molar-refractivity contribution in [2.75, 3.05) is 56.6 Å². The standard InChI is InChI=1S/C25H31N5O6S/c1-18(31)27-19-3-9-22(10-4-19)37(34,35)30-12-11-26-25(33)23(30)17-24(32)29-15-13-28(14-16-29)20-5-7-21(36-2)8-6-20/h3-10,23H,11-17H2,1-2H3,(H,26,33)(H,27,31)/t23-/m1/s1. The second kappa shape index (κ2) is 11.2. The smallest absolute Gasteiger partial charge is 0.243 e. The van der Waals surface area contributed by atoms with Gasteiger partial charge in [-0.2, -0.15) is 4.31 Å². The Hall–Kier alpha value is -3.64. The Balaban J connectivity index is 1.42. The summed E-state index contributed by atoms with van der Waals surface area (Å²) in [6.07, 6.45) is -0.239. The number of amides is 3. The van der Waals surface area contributed by atoms with Crippen molar-refractivity contribution in [3.05, 3.63) is 48.5 Å². The number of carbonyl (C=O) groups excluding carboxylic acids is 3. The van der Waals surface area contributed by atoms with Gasteiger partial charge in [-0.25, -0.2) is 8.42 Å². The van der Waals surface area contributed by atoms with Gasteiger partial charge in [0.15, 0.2) is 0 Å². The summed E-state index contributed by atoms with van der Waals surface area (Å²) in [6.45, 7) is 3.76. The van der Waals surface area contributed by atoms with E-state index in [2.05, 4.69) is 15.5 Å². The molecule has 2 fully saturated rings. The van der Waals surface area contributed by atoms with Gasteiger partial charge in [-0.1, -0.05) is 0 Å². The van der Waals surface area contributed by atoms with E-state index in [0.29, 0.717) is 31.9 Å². The average molecular weight is 530 g/mol. The monoisotopic (exact) mass is 529 g/mol. The van der Waals surface area contributed by atoms with Crippen LogP contribution in [0.1, 0.15) is 13.3 Å². The lowest BCUT2D eigenvalue weighted by Crippen LogP contribution is -2.59. The number of nitrogens with zero attached hydrogens (tertiary/aromatic N) is 3. The van der Waals surface area contributed by atoms with Gasteiger partial charge in [0.25, 0.3) is 0 Å². The summed E-state index contributed by atoms with van der Waals surface area (Å²) in [6, 6.07) is 12.3. The van der Waals surface area contributed by atoms with Crippen LogP contribution in [0.3, 0.4) is 0 Å². The first-order valence-electron chi connectivity index (χ1n) is 12.0. The third-order valence-corrected chi connectivity index (χ3v) is 8.42. The zero-order valence-corrected chi connectivity index (χ0v) is 21.7. The number of carbonyl (C=O) groups is 3. The number of benzene rings is 2. The van der Waals surface area contributed by atoms with Gasteiger partial charge in [-0.3, -0.25) is 14.4 Å². The van der Waals surface area contributed by atoms with E-state index in [9.17, 15) is 22.8 Å². The minimum Gasteiger partial charge on any atom is -0.497 e. The Labute approximate surface area is 216 Å². The first kappa shape index (κ1) is 26.4. The van der Waals surface area contributed by atoms with Crippen LogP contribution in [-0.2, 0) is 24.4 Å². The molecule has 12 heteroatoms. The molecule has 0 aliphatic carbocycles. The maximum Gasteiger partial charge on any atom is 0.243 e. The number of nitrogens with one attached hydrogen (secondary N) is 2. The molecule has 2 aliphatic rings. The summed E-state index contributed by atoms with van der Waals surface area (Å²) in [7, 11) is -2.43. The van der Waals surface area contributed by atoms with Gasteiger partial charge in [0.2, 0.25) is 27.7 Å². The van der Waals surface area contributed by atoms with Gasteiger partial charge in [-0.05, 0) is 48.5 Å². The molecule has 2 aromatic rings. The van der Waals surface area contributed by atoms with Gasteiger partial charge in [-0.15, -0.1) is 0 Å². The highest BCUT2D eigenvalue weighted by Crippen LogP contribution is 2.25. The van der Waals surface area contributed by atoms with Gasteiger partial charge < -0.3 is 25.2 Å². The van der Waals surface area contributed by atoms with Crippen molar-refractivity contribution in [2.45, 2.75) is 24.3 Å². The third-order valence-electron chi connectivity index (χ3n) is 6.50.